The second-order valence-corrected chi connectivity index (χ2v) is 7.41. The molecule has 1 fully saturated rings. The van der Waals surface area contributed by atoms with Gasteiger partial charge in [0, 0.05) is 24.1 Å². The fourth-order valence-corrected chi connectivity index (χ4v) is 3.66. The van der Waals surface area contributed by atoms with Crippen LogP contribution in [0.3, 0.4) is 0 Å². The van der Waals surface area contributed by atoms with E-state index in [0.717, 1.165) is 29.2 Å². The first-order chi connectivity index (χ1) is 16.2. The number of benzene rings is 2. The van der Waals surface area contributed by atoms with Crippen molar-refractivity contribution in [3.63, 3.8) is 0 Å². The van der Waals surface area contributed by atoms with Crippen molar-refractivity contribution in [1.82, 2.24) is 9.97 Å². The Kier molecular flexibility index (Phi) is 4.96. The Balaban J connectivity index is 1.41. The maximum Gasteiger partial charge on any atom is 0.416 e. The molecule has 0 unspecified atom stereocenters. The molecule has 7 nitrogen and oxygen atoms in total. The van der Waals surface area contributed by atoms with Gasteiger partial charge in [0.1, 0.15) is 17.9 Å². The predicted octanol–water partition coefficient (Wildman–Crippen LogP) is 5.49. The molecule has 0 atom stereocenters. The highest BCUT2D eigenvalue weighted by Gasteiger charge is 2.39. The third-order valence-corrected chi connectivity index (χ3v) is 5.26. The van der Waals surface area contributed by atoms with E-state index in [1.54, 1.807) is 18.3 Å². The van der Waals surface area contributed by atoms with E-state index < -0.39 is 36.0 Å². The van der Waals surface area contributed by atoms with Crippen molar-refractivity contribution in [3.05, 3.63) is 78.4 Å². The summed E-state index contributed by atoms with van der Waals surface area (Å²) in [5, 5.41) is 0.632. The largest absolute Gasteiger partial charge is 0.453 e. The molecular formula is C23H14F4N4O3. The van der Waals surface area contributed by atoms with Gasteiger partial charge in [0.25, 0.3) is 5.91 Å². The average Bonchev–Trinajstić information content (AvgIpc) is 3.39. The summed E-state index contributed by atoms with van der Waals surface area (Å²) in [5.74, 6) is -1.34. The van der Waals surface area contributed by atoms with E-state index >= 15 is 0 Å². The molecule has 1 aliphatic heterocycles. The molecule has 1 aliphatic rings. The Labute approximate surface area is 189 Å². The van der Waals surface area contributed by atoms with E-state index in [-0.39, 0.29) is 17.1 Å². The number of ether oxygens (including phenoxy) is 1. The Bertz CT molecular complexity index is 1430. The lowest BCUT2D eigenvalue weighted by Crippen LogP contribution is -2.33. The van der Waals surface area contributed by atoms with Crippen LogP contribution in [0.2, 0.25) is 0 Å². The smallest absolute Gasteiger partial charge is 0.416 e. The highest BCUT2D eigenvalue weighted by Crippen LogP contribution is 2.35. The molecule has 1 saturated heterocycles. The van der Waals surface area contributed by atoms with E-state index in [2.05, 4.69) is 9.97 Å². The van der Waals surface area contributed by atoms with E-state index in [1.807, 2.05) is 0 Å². The predicted molar refractivity (Wildman–Crippen MR) is 114 cm³/mol. The second-order valence-electron chi connectivity index (χ2n) is 7.41. The Morgan fingerprint density at radius 2 is 1.79 bits per heavy atom. The third-order valence-electron chi connectivity index (χ3n) is 5.26. The summed E-state index contributed by atoms with van der Waals surface area (Å²) < 4.78 is 59.6. The normalized spacial score (nSPS) is 14.4. The van der Waals surface area contributed by atoms with Crippen molar-refractivity contribution in [3.8, 4) is 11.5 Å². The van der Waals surface area contributed by atoms with Crippen LogP contribution in [0.5, 0.6) is 11.5 Å². The maximum absolute atomic E-state index is 14.8. The summed E-state index contributed by atoms with van der Waals surface area (Å²) in [6.45, 7) is -0.484. The van der Waals surface area contributed by atoms with Gasteiger partial charge in [-0.25, -0.2) is 19.1 Å². The highest BCUT2D eigenvalue weighted by molar-refractivity contribution is 6.27. The molecule has 0 bridgehead atoms. The molecule has 3 amide bonds. The number of carbonyl (C=O) groups excluding carboxylic acids is 2. The number of urea groups is 1. The zero-order valence-corrected chi connectivity index (χ0v) is 17.1. The molecule has 0 spiro atoms. The van der Waals surface area contributed by atoms with Gasteiger partial charge in [0.2, 0.25) is 0 Å². The number of carbonyl (C=O) groups is 2. The van der Waals surface area contributed by atoms with Crippen molar-refractivity contribution in [1.29, 1.82) is 0 Å². The van der Waals surface area contributed by atoms with Crippen molar-refractivity contribution in [2.45, 2.75) is 6.18 Å². The van der Waals surface area contributed by atoms with Crippen LogP contribution < -0.4 is 14.5 Å². The van der Waals surface area contributed by atoms with Gasteiger partial charge in [0.05, 0.1) is 16.6 Å². The molecule has 1 N–H and O–H groups in total. The van der Waals surface area contributed by atoms with Crippen LogP contribution in [-0.2, 0) is 11.0 Å². The van der Waals surface area contributed by atoms with Gasteiger partial charge in [0.15, 0.2) is 11.6 Å². The number of aromatic nitrogens is 2. The van der Waals surface area contributed by atoms with Crippen LogP contribution >= 0.6 is 0 Å². The van der Waals surface area contributed by atoms with Gasteiger partial charge in [-0.1, -0.05) is 6.07 Å². The van der Waals surface area contributed by atoms with E-state index in [0.29, 0.717) is 21.7 Å². The quantitative estimate of drug-likeness (QED) is 0.316. The number of aromatic amines is 1. The first-order valence-corrected chi connectivity index (χ1v) is 9.93. The number of hydrogen-bond acceptors (Lipinski definition) is 4. The van der Waals surface area contributed by atoms with E-state index in [4.69, 9.17) is 4.74 Å². The summed E-state index contributed by atoms with van der Waals surface area (Å²) in [5.41, 5.74) is -0.568. The van der Waals surface area contributed by atoms with Crippen LogP contribution in [0.1, 0.15) is 5.56 Å². The van der Waals surface area contributed by atoms with Gasteiger partial charge in [-0.2, -0.15) is 13.2 Å². The minimum absolute atomic E-state index is 0.0733. The standard InChI is InChI=1S/C23H14F4N4O3/c24-17-11-15(4-5-19(17)34-18-7-9-29-21-16(18)6-8-28-21)31-20(32)12-30(22(31)33)14-3-1-2-13(10-14)23(25,26)27/h1-11H,12H2,(H,28,29). The van der Waals surface area contributed by atoms with Crippen LogP contribution in [0.4, 0.5) is 33.7 Å². The van der Waals surface area contributed by atoms with Gasteiger partial charge in [-0.3, -0.25) is 9.69 Å². The molecule has 3 heterocycles. The Morgan fingerprint density at radius 1 is 0.971 bits per heavy atom. The lowest BCUT2D eigenvalue weighted by atomic mass is 10.2. The fourth-order valence-electron chi connectivity index (χ4n) is 3.66. The molecule has 4 aromatic rings. The minimum atomic E-state index is -4.61. The highest BCUT2D eigenvalue weighted by atomic mass is 19.4. The van der Waals surface area contributed by atoms with Crippen LogP contribution in [0, 0.1) is 5.82 Å². The number of pyridine rings is 1. The molecule has 0 radical (unpaired) electrons. The first-order valence-electron chi connectivity index (χ1n) is 9.93. The van der Waals surface area contributed by atoms with Gasteiger partial charge >= 0.3 is 12.2 Å². The van der Waals surface area contributed by atoms with Crippen molar-refractivity contribution < 1.29 is 31.9 Å². The maximum atomic E-state index is 14.8. The third kappa shape index (κ3) is 3.70. The molecule has 0 saturated carbocycles. The Morgan fingerprint density at radius 3 is 2.56 bits per heavy atom. The fraction of sp³-hybridized carbons (Fsp3) is 0.0870. The molecule has 2 aromatic heterocycles. The number of nitrogens with zero attached hydrogens (tertiary/aromatic N) is 3. The lowest BCUT2D eigenvalue weighted by Gasteiger charge is -2.19. The van der Waals surface area contributed by atoms with E-state index in [9.17, 15) is 27.2 Å². The topological polar surface area (TPSA) is 78.5 Å². The number of anilines is 2. The average molecular weight is 470 g/mol. The van der Waals surface area contributed by atoms with Crippen molar-refractivity contribution in [2.75, 3.05) is 16.3 Å². The number of rotatable bonds is 4. The Hall–Kier alpha value is -4.41. The second kappa shape index (κ2) is 7.87. The van der Waals surface area contributed by atoms with E-state index in [1.165, 1.54) is 24.4 Å². The summed E-state index contributed by atoms with van der Waals surface area (Å²) in [6.07, 6.45) is -1.46. The van der Waals surface area contributed by atoms with Crippen LogP contribution in [-0.4, -0.2) is 28.5 Å². The van der Waals surface area contributed by atoms with Crippen molar-refractivity contribution >= 4 is 34.3 Å². The van der Waals surface area contributed by atoms with Crippen LogP contribution in [0.15, 0.2) is 67.0 Å². The summed E-state index contributed by atoms with van der Waals surface area (Å²) in [4.78, 5) is 34.0. The number of hydrogen-bond donors (Lipinski definition) is 1. The number of halogens is 4. The molecule has 172 valence electrons. The SMILES string of the molecule is O=C1CN(c2cccc(C(F)(F)F)c2)C(=O)N1c1ccc(Oc2ccnc3[nH]ccc23)c(F)c1. The van der Waals surface area contributed by atoms with Crippen molar-refractivity contribution in [2.24, 2.45) is 0 Å². The number of fused-ring (bicyclic) bond motifs is 1. The molecule has 5 rings (SSSR count). The number of alkyl halides is 3. The summed E-state index contributed by atoms with van der Waals surface area (Å²) in [6, 6.07) is 10.00. The number of H-pyrrole nitrogens is 1. The zero-order chi connectivity index (χ0) is 24.0. The van der Waals surface area contributed by atoms with Gasteiger partial charge < -0.3 is 9.72 Å². The molecular weight excluding hydrogens is 456 g/mol. The lowest BCUT2D eigenvalue weighted by molar-refractivity contribution is -0.137. The number of amides is 3. The summed E-state index contributed by atoms with van der Waals surface area (Å²) >= 11 is 0. The van der Waals surface area contributed by atoms with Crippen LogP contribution in [0.25, 0.3) is 11.0 Å². The van der Waals surface area contributed by atoms with Gasteiger partial charge in [-0.15, -0.1) is 0 Å². The molecule has 2 aromatic carbocycles. The molecule has 34 heavy (non-hydrogen) atoms. The zero-order valence-electron chi connectivity index (χ0n) is 17.1. The first kappa shape index (κ1) is 21.4. The minimum Gasteiger partial charge on any atom is -0.453 e. The monoisotopic (exact) mass is 470 g/mol. The number of imide groups is 1. The number of nitrogens with one attached hydrogen (secondary N) is 1. The molecule has 11 heteroatoms. The summed E-state index contributed by atoms with van der Waals surface area (Å²) in [7, 11) is 0. The van der Waals surface area contributed by atoms with Gasteiger partial charge in [-0.05, 0) is 42.5 Å². The molecule has 0 aliphatic carbocycles.